The molecule has 2 nitrogen and oxygen atoms in total. The molecule has 1 heterocycles. The van der Waals surface area contributed by atoms with Crippen LogP contribution in [0.1, 0.15) is 12.0 Å². The number of hydrogen-bond donors (Lipinski definition) is 1. The molecule has 1 unspecified atom stereocenters. The Balaban J connectivity index is 2.25. The predicted molar refractivity (Wildman–Crippen MR) is 62.0 cm³/mol. The van der Waals surface area contributed by atoms with E-state index >= 15 is 0 Å². The molecule has 1 atom stereocenters. The number of pyridine rings is 1. The maximum atomic E-state index is 13.6. The normalized spacial score (nSPS) is 26.1. The molecule has 2 N–H and O–H groups in total. The second-order valence-electron chi connectivity index (χ2n) is 4.57. The summed E-state index contributed by atoms with van der Waals surface area (Å²) in [6.45, 7) is -0.0264. The molecule has 0 radical (unpaired) electrons. The van der Waals surface area contributed by atoms with Crippen molar-refractivity contribution in [3.05, 3.63) is 42.2 Å². The molecule has 0 aliphatic heterocycles. The third-order valence-corrected chi connectivity index (χ3v) is 3.64. The van der Waals surface area contributed by atoms with Crippen molar-refractivity contribution in [3.63, 3.8) is 0 Å². The topological polar surface area (TPSA) is 38.9 Å². The lowest BCUT2D eigenvalue weighted by Gasteiger charge is -2.16. The van der Waals surface area contributed by atoms with E-state index in [9.17, 15) is 8.78 Å². The predicted octanol–water partition coefficient (Wildman–Crippen LogP) is 2.47. The van der Waals surface area contributed by atoms with Crippen LogP contribution in [0.25, 0.3) is 10.8 Å². The Morgan fingerprint density at radius 1 is 1.29 bits per heavy atom. The number of aromatic nitrogens is 1. The SMILES string of the molecule is NCC1(c2cccc3cnccc23)CC1(F)F. The van der Waals surface area contributed by atoms with Crippen molar-refractivity contribution in [1.29, 1.82) is 0 Å². The molecule has 88 valence electrons. The molecule has 0 amide bonds. The molecule has 1 aliphatic carbocycles. The van der Waals surface area contributed by atoms with Crippen molar-refractivity contribution in [2.45, 2.75) is 17.8 Å². The number of nitrogens with zero attached hydrogens (tertiary/aromatic N) is 1. The molecular formula is C13H12F2N2. The Morgan fingerprint density at radius 3 is 2.71 bits per heavy atom. The largest absolute Gasteiger partial charge is 0.329 e. The number of nitrogens with two attached hydrogens (primary N) is 1. The first-order valence-electron chi connectivity index (χ1n) is 5.52. The standard InChI is InChI=1S/C13H12F2N2/c14-13(15)7-12(13,8-16)11-3-1-2-9-6-17-5-4-10(9)11/h1-6H,7-8,16H2. The first-order valence-corrected chi connectivity index (χ1v) is 5.52. The van der Waals surface area contributed by atoms with Gasteiger partial charge in [-0.3, -0.25) is 4.98 Å². The van der Waals surface area contributed by atoms with Crippen LogP contribution in [0.4, 0.5) is 8.78 Å². The highest BCUT2D eigenvalue weighted by Gasteiger charge is 2.71. The van der Waals surface area contributed by atoms with Crippen molar-refractivity contribution in [1.82, 2.24) is 4.98 Å². The summed E-state index contributed by atoms with van der Waals surface area (Å²) >= 11 is 0. The van der Waals surface area contributed by atoms with Crippen LogP contribution in [0, 0.1) is 0 Å². The van der Waals surface area contributed by atoms with Gasteiger partial charge in [-0.2, -0.15) is 0 Å². The summed E-state index contributed by atoms with van der Waals surface area (Å²) in [6, 6.07) is 7.17. The number of fused-ring (bicyclic) bond motifs is 1. The lowest BCUT2D eigenvalue weighted by atomic mass is 9.91. The number of rotatable bonds is 2. The zero-order valence-corrected chi connectivity index (χ0v) is 9.16. The monoisotopic (exact) mass is 234 g/mol. The molecule has 0 bridgehead atoms. The first-order chi connectivity index (χ1) is 8.11. The van der Waals surface area contributed by atoms with Crippen LogP contribution in [0.3, 0.4) is 0 Å². The van der Waals surface area contributed by atoms with Crippen molar-refractivity contribution in [2.75, 3.05) is 6.54 Å². The average Bonchev–Trinajstić information content (AvgIpc) is 2.92. The quantitative estimate of drug-likeness (QED) is 0.867. The molecule has 1 aromatic carbocycles. The highest BCUT2D eigenvalue weighted by molar-refractivity contribution is 5.86. The Hall–Kier alpha value is -1.55. The third-order valence-electron chi connectivity index (χ3n) is 3.64. The van der Waals surface area contributed by atoms with Crippen LogP contribution < -0.4 is 5.73 Å². The highest BCUT2D eigenvalue weighted by Crippen LogP contribution is 2.61. The first kappa shape index (κ1) is 10.6. The minimum absolute atomic E-state index is 0.0264. The summed E-state index contributed by atoms with van der Waals surface area (Å²) < 4.78 is 27.1. The summed E-state index contributed by atoms with van der Waals surface area (Å²) in [5.74, 6) is -2.68. The summed E-state index contributed by atoms with van der Waals surface area (Å²) in [5.41, 5.74) is 5.04. The van der Waals surface area contributed by atoms with Crippen molar-refractivity contribution >= 4 is 10.8 Å². The van der Waals surface area contributed by atoms with Crippen LogP contribution in [-0.4, -0.2) is 17.5 Å². The van der Waals surface area contributed by atoms with Gasteiger partial charge in [0.05, 0.1) is 5.41 Å². The van der Waals surface area contributed by atoms with Gasteiger partial charge in [-0.25, -0.2) is 8.78 Å². The fourth-order valence-corrected chi connectivity index (χ4v) is 2.50. The van der Waals surface area contributed by atoms with Gasteiger partial charge in [0.1, 0.15) is 0 Å². The zero-order valence-electron chi connectivity index (χ0n) is 9.16. The van der Waals surface area contributed by atoms with Crippen LogP contribution in [0.5, 0.6) is 0 Å². The van der Waals surface area contributed by atoms with E-state index in [-0.39, 0.29) is 13.0 Å². The molecule has 1 aromatic heterocycles. The van der Waals surface area contributed by atoms with Crippen molar-refractivity contribution < 1.29 is 8.78 Å². The van der Waals surface area contributed by atoms with Crippen LogP contribution in [0.15, 0.2) is 36.7 Å². The lowest BCUT2D eigenvalue weighted by Crippen LogP contribution is -2.27. The van der Waals surface area contributed by atoms with Crippen molar-refractivity contribution in [3.8, 4) is 0 Å². The number of halogens is 2. The molecule has 17 heavy (non-hydrogen) atoms. The second kappa shape index (κ2) is 3.23. The van der Waals surface area contributed by atoms with Crippen LogP contribution in [0.2, 0.25) is 0 Å². The van der Waals surface area contributed by atoms with E-state index < -0.39 is 11.3 Å². The number of alkyl halides is 2. The zero-order chi connectivity index (χ0) is 12.1. The molecule has 2 aromatic rings. The van der Waals surface area contributed by atoms with Gasteiger partial charge in [0.25, 0.3) is 5.92 Å². The number of benzene rings is 1. The van der Waals surface area contributed by atoms with E-state index in [0.29, 0.717) is 5.56 Å². The number of hydrogen-bond acceptors (Lipinski definition) is 2. The van der Waals surface area contributed by atoms with Gasteiger partial charge in [-0.1, -0.05) is 18.2 Å². The van der Waals surface area contributed by atoms with E-state index in [2.05, 4.69) is 4.98 Å². The van der Waals surface area contributed by atoms with Crippen LogP contribution >= 0.6 is 0 Å². The van der Waals surface area contributed by atoms with Crippen LogP contribution in [-0.2, 0) is 5.41 Å². The fraction of sp³-hybridized carbons (Fsp3) is 0.308. The Kier molecular flexibility index (Phi) is 2.01. The molecule has 1 fully saturated rings. The molecule has 0 spiro atoms. The van der Waals surface area contributed by atoms with Gasteiger partial charge in [-0.15, -0.1) is 0 Å². The Labute approximate surface area is 97.5 Å². The minimum atomic E-state index is -2.68. The van der Waals surface area contributed by atoms with Gasteiger partial charge in [0.2, 0.25) is 0 Å². The average molecular weight is 234 g/mol. The molecule has 0 saturated heterocycles. The van der Waals surface area contributed by atoms with E-state index in [4.69, 9.17) is 5.73 Å². The van der Waals surface area contributed by atoms with Gasteiger partial charge in [0.15, 0.2) is 0 Å². The highest BCUT2D eigenvalue weighted by atomic mass is 19.3. The fourth-order valence-electron chi connectivity index (χ4n) is 2.50. The maximum Gasteiger partial charge on any atom is 0.260 e. The Morgan fingerprint density at radius 2 is 2.06 bits per heavy atom. The molecule has 4 heteroatoms. The smallest absolute Gasteiger partial charge is 0.260 e. The summed E-state index contributed by atoms with van der Waals surface area (Å²) in [5, 5.41) is 1.70. The van der Waals surface area contributed by atoms with Crippen molar-refractivity contribution in [2.24, 2.45) is 5.73 Å². The van der Waals surface area contributed by atoms with E-state index in [1.807, 2.05) is 6.07 Å². The van der Waals surface area contributed by atoms with E-state index in [0.717, 1.165) is 10.8 Å². The third kappa shape index (κ3) is 1.30. The van der Waals surface area contributed by atoms with Gasteiger partial charge in [0, 0.05) is 30.7 Å². The lowest BCUT2D eigenvalue weighted by molar-refractivity contribution is 0.0899. The van der Waals surface area contributed by atoms with Gasteiger partial charge in [-0.05, 0) is 17.0 Å². The van der Waals surface area contributed by atoms with Gasteiger partial charge >= 0.3 is 0 Å². The molecular weight excluding hydrogens is 222 g/mol. The Bertz CT molecular complexity index is 577. The second-order valence-corrected chi connectivity index (χ2v) is 4.57. The molecule has 1 aliphatic rings. The van der Waals surface area contributed by atoms with E-state index in [1.165, 1.54) is 0 Å². The summed E-state index contributed by atoms with van der Waals surface area (Å²) in [7, 11) is 0. The van der Waals surface area contributed by atoms with E-state index in [1.54, 1.807) is 30.6 Å². The summed E-state index contributed by atoms with van der Waals surface area (Å²) in [4.78, 5) is 4.00. The maximum absolute atomic E-state index is 13.6. The summed E-state index contributed by atoms with van der Waals surface area (Å²) in [6.07, 6.45) is 3.15. The minimum Gasteiger partial charge on any atom is -0.329 e. The van der Waals surface area contributed by atoms with Gasteiger partial charge < -0.3 is 5.73 Å². The molecule has 3 rings (SSSR count). The molecule has 1 saturated carbocycles.